The van der Waals surface area contributed by atoms with Gasteiger partial charge in [-0.3, -0.25) is 0 Å². The van der Waals surface area contributed by atoms with Gasteiger partial charge in [0.1, 0.15) is 0 Å². The van der Waals surface area contributed by atoms with Gasteiger partial charge in [-0.1, -0.05) is 37.1 Å². The van der Waals surface area contributed by atoms with Crippen LogP contribution in [0.1, 0.15) is 70.5 Å². The second-order valence-electron chi connectivity index (χ2n) is 9.10. The molecule has 1 saturated carbocycles. The van der Waals surface area contributed by atoms with Gasteiger partial charge in [-0.2, -0.15) is 0 Å². The van der Waals surface area contributed by atoms with Crippen molar-refractivity contribution in [3.63, 3.8) is 0 Å². The van der Waals surface area contributed by atoms with Crippen molar-refractivity contribution in [2.24, 2.45) is 0 Å². The molecule has 0 unspecified atom stereocenters. The van der Waals surface area contributed by atoms with Crippen LogP contribution < -0.4 is 0 Å². The van der Waals surface area contributed by atoms with Crippen molar-refractivity contribution in [2.45, 2.75) is 63.7 Å². The standard InChI is InChI=1S/C26H24/c1-2-4-17(3-1)21-13-23-22(21)12-16-6-5-15-9-18-7-8-20(18)24-14-25(23)26(24)19(10-15)11-16/h9-13,17H,1-8,14H2. The maximum absolute atomic E-state index is 2.57. The molecule has 0 aliphatic heterocycles. The lowest BCUT2D eigenvalue weighted by Crippen LogP contribution is -2.16. The number of fused-ring (bicyclic) bond motifs is 6. The van der Waals surface area contributed by atoms with Gasteiger partial charge in [0.05, 0.1) is 0 Å². The third kappa shape index (κ3) is 1.71. The van der Waals surface area contributed by atoms with Gasteiger partial charge >= 0.3 is 0 Å². The van der Waals surface area contributed by atoms with E-state index in [2.05, 4.69) is 30.3 Å². The molecule has 0 heteroatoms. The summed E-state index contributed by atoms with van der Waals surface area (Å²) in [6.07, 6.45) is 11.9. The minimum absolute atomic E-state index is 0.838. The number of hydrogen-bond donors (Lipinski definition) is 0. The Labute approximate surface area is 154 Å². The molecule has 4 aliphatic rings. The van der Waals surface area contributed by atoms with Gasteiger partial charge in [0.2, 0.25) is 0 Å². The molecule has 0 N–H and O–H groups in total. The van der Waals surface area contributed by atoms with E-state index in [-0.39, 0.29) is 0 Å². The second-order valence-corrected chi connectivity index (χ2v) is 9.10. The lowest BCUT2D eigenvalue weighted by atomic mass is 9.73. The first kappa shape index (κ1) is 14.0. The SMILES string of the molecule is c1c2cc3cc(cc4c(C5CCCC5)cc4c4c3c(c3c1CC3)C4)CC2. The maximum Gasteiger partial charge on any atom is -0.000423 e. The van der Waals surface area contributed by atoms with Crippen LogP contribution in [0.3, 0.4) is 0 Å². The molecule has 0 spiro atoms. The van der Waals surface area contributed by atoms with Crippen molar-refractivity contribution in [1.82, 2.24) is 0 Å². The predicted octanol–water partition coefficient (Wildman–Crippen LogP) is 6.31. The fourth-order valence-corrected chi connectivity index (χ4v) is 6.19. The third-order valence-electron chi connectivity index (χ3n) is 7.74. The molecule has 0 heterocycles. The first-order valence-electron chi connectivity index (χ1n) is 10.6. The zero-order valence-electron chi connectivity index (χ0n) is 15.3. The van der Waals surface area contributed by atoms with Crippen molar-refractivity contribution in [1.29, 1.82) is 0 Å². The van der Waals surface area contributed by atoms with Crippen molar-refractivity contribution < 1.29 is 0 Å². The van der Waals surface area contributed by atoms with Crippen LogP contribution in [0.25, 0.3) is 21.5 Å². The van der Waals surface area contributed by atoms with Crippen LogP contribution in [0.2, 0.25) is 0 Å². The molecule has 3 bridgehead atoms. The molecule has 128 valence electrons. The normalized spacial score (nSPS) is 19.5. The molecule has 0 atom stereocenters. The van der Waals surface area contributed by atoms with Gasteiger partial charge in [0, 0.05) is 0 Å². The molecule has 7 rings (SSSR count). The van der Waals surface area contributed by atoms with Crippen LogP contribution in [-0.2, 0) is 32.1 Å². The number of rotatable bonds is 1. The van der Waals surface area contributed by atoms with E-state index in [4.69, 9.17) is 0 Å². The van der Waals surface area contributed by atoms with E-state index in [0.29, 0.717) is 0 Å². The van der Waals surface area contributed by atoms with Crippen LogP contribution in [0, 0.1) is 0 Å². The first-order chi connectivity index (χ1) is 12.8. The van der Waals surface area contributed by atoms with E-state index in [1.807, 2.05) is 0 Å². The van der Waals surface area contributed by atoms with Crippen molar-refractivity contribution >= 4 is 21.5 Å². The summed E-state index contributed by atoms with van der Waals surface area (Å²) >= 11 is 0. The summed E-state index contributed by atoms with van der Waals surface area (Å²) in [5, 5.41) is 6.33. The Balaban J connectivity index is 1.61. The molecular formula is C26H24. The highest BCUT2D eigenvalue weighted by Gasteiger charge is 2.29. The Bertz CT molecular complexity index is 1160. The van der Waals surface area contributed by atoms with Crippen LogP contribution in [-0.4, -0.2) is 0 Å². The van der Waals surface area contributed by atoms with Crippen LogP contribution >= 0.6 is 0 Å². The predicted molar refractivity (Wildman–Crippen MR) is 109 cm³/mol. The zero-order chi connectivity index (χ0) is 16.8. The molecule has 0 nitrogen and oxygen atoms in total. The minimum Gasteiger partial charge on any atom is -0.0555 e. The summed E-state index contributed by atoms with van der Waals surface area (Å²) in [5.74, 6) is 0.838. The second kappa shape index (κ2) is 4.80. The van der Waals surface area contributed by atoms with Crippen LogP contribution in [0.5, 0.6) is 0 Å². The van der Waals surface area contributed by atoms with Gasteiger partial charge in [0.15, 0.2) is 0 Å². The third-order valence-corrected chi connectivity index (χ3v) is 7.74. The van der Waals surface area contributed by atoms with E-state index in [1.54, 1.807) is 55.1 Å². The number of hydrogen-bond acceptors (Lipinski definition) is 0. The van der Waals surface area contributed by atoms with Crippen LogP contribution in [0.15, 0.2) is 30.3 Å². The highest BCUT2D eigenvalue weighted by atomic mass is 14.3. The summed E-state index contributed by atoms with van der Waals surface area (Å²) in [5.41, 5.74) is 11.4. The molecule has 0 amide bonds. The minimum atomic E-state index is 0.838. The highest BCUT2D eigenvalue weighted by molar-refractivity contribution is 6.07. The lowest BCUT2D eigenvalue weighted by molar-refractivity contribution is 0.727. The Morgan fingerprint density at radius 1 is 0.654 bits per heavy atom. The Morgan fingerprint density at radius 3 is 2.23 bits per heavy atom. The Kier molecular flexibility index (Phi) is 2.59. The molecule has 4 aliphatic carbocycles. The lowest BCUT2D eigenvalue weighted by Gasteiger charge is -2.31. The quantitative estimate of drug-likeness (QED) is 0.382. The van der Waals surface area contributed by atoms with E-state index >= 15 is 0 Å². The average molecular weight is 336 g/mol. The summed E-state index contributed by atoms with van der Waals surface area (Å²) in [6, 6.07) is 12.7. The topological polar surface area (TPSA) is 0 Å². The Morgan fingerprint density at radius 2 is 1.46 bits per heavy atom. The summed E-state index contributed by atoms with van der Waals surface area (Å²) in [7, 11) is 0. The fourth-order valence-electron chi connectivity index (χ4n) is 6.19. The zero-order valence-corrected chi connectivity index (χ0v) is 15.3. The van der Waals surface area contributed by atoms with E-state index in [1.165, 1.54) is 63.2 Å². The Hall–Kier alpha value is -2.08. The molecule has 0 saturated heterocycles. The molecule has 3 aromatic rings. The van der Waals surface area contributed by atoms with Gasteiger partial charge in [-0.25, -0.2) is 0 Å². The van der Waals surface area contributed by atoms with Crippen molar-refractivity contribution in [2.75, 3.05) is 0 Å². The largest absolute Gasteiger partial charge is 0.0555 e. The average Bonchev–Trinajstić information content (AvgIpc) is 3.01. The number of aryl methyl sites for hydroxylation is 3. The fraction of sp³-hybridized carbons (Fsp3) is 0.385. The van der Waals surface area contributed by atoms with Gasteiger partial charge in [0.25, 0.3) is 0 Å². The van der Waals surface area contributed by atoms with Gasteiger partial charge in [-0.15, -0.1) is 0 Å². The molecule has 0 aromatic heterocycles. The molecule has 3 aromatic carbocycles. The van der Waals surface area contributed by atoms with Crippen LogP contribution in [0.4, 0.5) is 0 Å². The van der Waals surface area contributed by atoms with Crippen molar-refractivity contribution in [3.8, 4) is 0 Å². The maximum atomic E-state index is 2.57. The molecule has 26 heavy (non-hydrogen) atoms. The van der Waals surface area contributed by atoms with Crippen molar-refractivity contribution in [3.05, 3.63) is 69.3 Å². The molecular weight excluding hydrogens is 312 g/mol. The van der Waals surface area contributed by atoms with Gasteiger partial charge < -0.3 is 0 Å². The summed E-state index contributed by atoms with van der Waals surface area (Å²) in [4.78, 5) is 0. The molecule has 1 fully saturated rings. The highest BCUT2D eigenvalue weighted by Crippen LogP contribution is 2.48. The van der Waals surface area contributed by atoms with Gasteiger partial charge in [-0.05, 0) is 117 Å². The smallest absolute Gasteiger partial charge is 0.000423 e. The van der Waals surface area contributed by atoms with E-state index in [0.717, 1.165) is 5.92 Å². The van der Waals surface area contributed by atoms with E-state index in [9.17, 15) is 0 Å². The summed E-state index contributed by atoms with van der Waals surface area (Å²) < 4.78 is 0. The monoisotopic (exact) mass is 336 g/mol. The molecule has 0 radical (unpaired) electrons. The first-order valence-corrected chi connectivity index (χ1v) is 10.6. The van der Waals surface area contributed by atoms with E-state index < -0.39 is 0 Å². The summed E-state index contributed by atoms with van der Waals surface area (Å²) in [6.45, 7) is 0.